The van der Waals surface area contributed by atoms with Crippen LogP contribution in [0, 0.1) is 19.7 Å². The Kier molecular flexibility index (Phi) is 4.84. The van der Waals surface area contributed by atoms with Crippen molar-refractivity contribution in [1.29, 1.82) is 0 Å². The molecule has 0 bridgehead atoms. The Hall–Kier alpha value is -1.32. The molecule has 108 valence electrons. The SMILES string of the molecule is CCNC(Cc1ccc(Cl)c(F)c1)c1cc(C)oc1C. The molecule has 0 aliphatic heterocycles. The van der Waals surface area contributed by atoms with E-state index >= 15 is 0 Å². The van der Waals surface area contributed by atoms with Crippen LogP contribution < -0.4 is 5.32 Å². The highest BCUT2D eigenvalue weighted by molar-refractivity contribution is 6.30. The van der Waals surface area contributed by atoms with Crippen molar-refractivity contribution in [1.82, 2.24) is 5.32 Å². The number of nitrogens with one attached hydrogen (secondary N) is 1. The molecule has 4 heteroatoms. The predicted molar refractivity (Wildman–Crippen MR) is 79.7 cm³/mol. The average molecular weight is 296 g/mol. The molecule has 1 unspecified atom stereocenters. The van der Waals surface area contributed by atoms with Gasteiger partial charge >= 0.3 is 0 Å². The number of hydrogen-bond donors (Lipinski definition) is 1. The largest absolute Gasteiger partial charge is 0.466 e. The predicted octanol–water partition coefficient (Wildman–Crippen LogP) is 4.58. The second-order valence-corrected chi connectivity index (χ2v) is 5.34. The van der Waals surface area contributed by atoms with Crippen LogP contribution >= 0.6 is 11.6 Å². The summed E-state index contributed by atoms with van der Waals surface area (Å²) in [6.07, 6.45) is 0.696. The number of halogens is 2. The molecule has 1 N–H and O–H groups in total. The topological polar surface area (TPSA) is 25.2 Å². The van der Waals surface area contributed by atoms with E-state index < -0.39 is 0 Å². The molecule has 1 aromatic heterocycles. The van der Waals surface area contributed by atoms with E-state index in [0.29, 0.717) is 6.42 Å². The van der Waals surface area contributed by atoms with Gasteiger partial charge in [0.1, 0.15) is 17.3 Å². The Bertz CT molecular complexity index is 594. The Morgan fingerprint density at radius 1 is 1.30 bits per heavy atom. The average Bonchev–Trinajstić information content (AvgIpc) is 2.72. The zero-order valence-electron chi connectivity index (χ0n) is 12.0. The second-order valence-electron chi connectivity index (χ2n) is 4.93. The molecule has 1 atom stereocenters. The summed E-state index contributed by atoms with van der Waals surface area (Å²) in [6, 6.07) is 7.10. The van der Waals surface area contributed by atoms with Gasteiger partial charge in [-0.3, -0.25) is 0 Å². The molecule has 0 aliphatic rings. The molecule has 2 nitrogen and oxygen atoms in total. The highest BCUT2D eigenvalue weighted by Gasteiger charge is 2.17. The Morgan fingerprint density at radius 2 is 2.05 bits per heavy atom. The minimum absolute atomic E-state index is 0.109. The lowest BCUT2D eigenvalue weighted by Gasteiger charge is -2.17. The van der Waals surface area contributed by atoms with Gasteiger partial charge in [-0.05, 0) is 50.6 Å². The van der Waals surface area contributed by atoms with E-state index in [1.165, 1.54) is 6.07 Å². The Balaban J connectivity index is 2.25. The van der Waals surface area contributed by atoms with Gasteiger partial charge in [0.25, 0.3) is 0 Å². The van der Waals surface area contributed by atoms with Crippen molar-refractivity contribution < 1.29 is 8.81 Å². The lowest BCUT2D eigenvalue weighted by Crippen LogP contribution is -2.23. The van der Waals surface area contributed by atoms with Gasteiger partial charge < -0.3 is 9.73 Å². The maximum atomic E-state index is 13.5. The van der Waals surface area contributed by atoms with Crippen LogP contribution in [0.25, 0.3) is 0 Å². The molecule has 1 aromatic carbocycles. The Morgan fingerprint density at radius 3 is 2.60 bits per heavy atom. The van der Waals surface area contributed by atoms with Gasteiger partial charge in [0.15, 0.2) is 0 Å². The van der Waals surface area contributed by atoms with Gasteiger partial charge in [0, 0.05) is 11.6 Å². The lowest BCUT2D eigenvalue weighted by atomic mass is 9.99. The number of likely N-dealkylation sites (N-methyl/N-ethyl adjacent to an activating group) is 1. The summed E-state index contributed by atoms with van der Waals surface area (Å²) < 4.78 is 19.1. The van der Waals surface area contributed by atoms with E-state index in [1.54, 1.807) is 6.07 Å². The smallest absolute Gasteiger partial charge is 0.142 e. The van der Waals surface area contributed by atoms with Crippen molar-refractivity contribution in [2.24, 2.45) is 0 Å². The minimum Gasteiger partial charge on any atom is -0.466 e. The highest BCUT2D eigenvalue weighted by Crippen LogP contribution is 2.26. The number of aryl methyl sites for hydroxylation is 2. The fourth-order valence-electron chi connectivity index (χ4n) is 2.44. The van der Waals surface area contributed by atoms with E-state index in [4.69, 9.17) is 16.0 Å². The first-order valence-corrected chi connectivity index (χ1v) is 7.13. The molecule has 20 heavy (non-hydrogen) atoms. The van der Waals surface area contributed by atoms with E-state index in [0.717, 1.165) is 29.2 Å². The van der Waals surface area contributed by atoms with E-state index in [9.17, 15) is 4.39 Å². The van der Waals surface area contributed by atoms with E-state index in [2.05, 4.69) is 12.2 Å². The molecule has 0 aliphatic carbocycles. The Labute approximate surface area is 123 Å². The third kappa shape index (κ3) is 3.41. The van der Waals surface area contributed by atoms with Gasteiger partial charge in [-0.25, -0.2) is 4.39 Å². The third-order valence-electron chi connectivity index (χ3n) is 3.33. The second kappa shape index (κ2) is 6.42. The fraction of sp³-hybridized carbons (Fsp3) is 0.375. The van der Waals surface area contributed by atoms with Crippen LogP contribution in [0.15, 0.2) is 28.7 Å². The fourth-order valence-corrected chi connectivity index (χ4v) is 2.55. The van der Waals surface area contributed by atoms with Crippen molar-refractivity contribution in [2.75, 3.05) is 6.54 Å². The van der Waals surface area contributed by atoms with Crippen LogP contribution in [0.4, 0.5) is 4.39 Å². The molecule has 2 aromatic rings. The zero-order valence-corrected chi connectivity index (χ0v) is 12.7. The highest BCUT2D eigenvalue weighted by atomic mass is 35.5. The minimum atomic E-state index is -0.375. The van der Waals surface area contributed by atoms with E-state index in [1.807, 2.05) is 26.0 Å². The summed E-state index contributed by atoms with van der Waals surface area (Å²) in [7, 11) is 0. The first kappa shape index (κ1) is 15.1. The molecule has 2 rings (SSSR count). The van der Waals surface area contributed by atoms with Crippen LogP contribution in [0.1, 0.15) is 35.6 Å². The molecule has 1 heterocycles. The van der Waals surface area contributed by atoms with Crippen molar-refractivity contribution in [3.8, 4) is 0 Å². The molecule has 0 saturated heterocycles. The maximum Gasteiger partial charge on any atom is 0.142 e. The summed E-state index contributed by atoms with van der Waals surface area (Å²) in [6.45, 7) is 6.78. The van der Waals surface area contributed by atoms with Gasteiger partial charge in [-0.2, -0.15) is 0 Å². The van der Waals surface area contributed by atoms with Crippen LogP contribution in [0.3, 0.4) is 0 Å². The summed E-state index contributed by atoms with van der Waals surface area (Å²) in [5.41, 5.74) is 2.04. The number of furan rings is 1. The van der Waals surface area contributed by atoms with Gasteiger partial charge in [0.2, 0.25) is 0 Å². The van der Waals surface area contributed by atoms with Crippen molar-refractivity contribution in [2.45, 2.75) is 33.2 Å². The van der Waals surface area contributed by atoms with Crippen LogP contribution in [0.5, 0.6) is 0 Å². The summed E-state index contributed by atoms with van der Waals surface area (Å²) >= 11 is 5.72. The number of hydrogen-bond acceptors (Lipinski definition) is 2. The zero-order chi connectivity index (χ0) is 14.7. The molecular weight excluding hydrogens is 277 g/mol. The standard InChI is InChI=1S/C16H19ClFNO/c1-4-19-16(13-7-10(2)20-11(13)3)9-12-5-6-14(17)15(18)8-12/h5-8,16,19H,4,9H2,1-3H3. The molecule has 0 saturated carbocycles. The van der Waals surface area contributed by atoms with Crippen LogP contribution in [-0.4, -0.2) is 6.54 Å². The van der Waals surface area contributed by atoms with E-state index in [-0.39, 0.29) is 16.9 Å². The molecule has 0 fully saturated rings. The monoisotopic (exact) mass is 295 g/mol. The maximum absolute atomic E-state index is 13.5. The normalized spacial score (nSPS) is 12.7. The molecule has 0 amide bonds. The van der Waals surface area contributed by atoms with Gasteiger partial charge in [-0.15, -0.1) is 0 Å². The summed E-state index contributed by atoms with van der Waals surface area (Å²) in [4.78, 5) is 0. The molecular formula is C16H19ClFNO. The molecule has 0 spiro atoms. The van der Waals surface area contributed by atoms with Crippen molar-refractivity contribution >= 4 is 11.6 Å². The van der Waals surface area contributed by atoms with Crippen LogP contribution in [-0.2, 0) is 6.42 Å². The van der Waals surface area contributed by atoms with Crippen molar-refractivity contribution in [3.63, 3.8) is 0 Å². The summed E-state index contributed by atoms with van der Waals surface area (Å²) in [5.74, 6) is 1.42. The van der Waals surface area contributed by atoms with Crippen LogP contribution in [0.2, 0.25) is 5.02 Å². The summed E-state index contributed by atoms with van der Waals surface area (Å²) in [5, 5.41) is 3.58. The van der Waals surface area contributed by atoms with Gasteiger partial charge in [-0.1, -0.05) is 24.6 Å². The first-order valence-electron chi connectivity index (χ1n) is 6.75. The first-order chi connectivity index (χ1) is 9.51. The van der Waals surface area contributed by atoms with Gasteiger partial charge in [0.05, 0.1) is 5.02 Å². The number of benzene rings is 1. The lowest BCUT2D eigenvalue weighted by molar-refractivity contribution is 0.484. The molecule has 0 radical (unpaired) electrons. The number of rotatable bonds is 5. The quantitative estimate of drug-likeness (QED) is 0.873. The van der Waals surface area contributed by atoms with Crippen molar-refractivity contribution in [3.05, 3.63) is 57.8 Å². The third-order valence-corrected chi connectivity index (χ3v) is 3.64.